The molecular formula is C8H5BrF3NO. The molecule has 2 nitrogen and oxygen atoms in total. The maximum absolute atomic E-state index is 13.3. The predicted molar refractivity (Wildman–Crippen MR) is 47.2 cm³/mol. The summed E-state index contributed by atoms with van der Waals surface area (Å²) in [7, 11) is 0. The molecule has 0 saturated heterocycles. The molecule has 0 aromatic carbocycles. The Morgan fingerprint density at radius 1 is 1.57 bits per heavy atom. The van der Waals surface area contributed by atoms with Gasteiger partial charge in [-0.3, -0.25) is 9.78 Å². The van der Waals surface area contributed by atoms with E-state index in [0.29, 0.717) is 0 Å². The maximum Gasteiger partial charge on any atom is 0.280 e. The number of aromatic nitrogens is 1. The van der Waals surface area contributed by atoms with Crippen LogP contribution in [0.4, 0.5) is 13.2 Å². The third kappa shape index (κ3) is 1.95. The van der Waals surface area contributed by atoms with E-state index in [1.54, 1.807) is 0 Å². The number of hydrogen-bond acceptors (Lipinski definition) is 2. The van der Waals surface area contributed by atoms with Crippen LogP contribution in [0.2, 0.25) is 0 Å². The van der Waals surface area contributed by atoms with Crippen LogP contribution in [0.15, 0.2) is 6.20 Å². The summed E-state index contributed by atoms with van der Waals surface area (Å²) in [6.45, 7) is 0. The zero-order valence-electron chi connectivity index (χ0n) is 6.81. The Morgan fingerprint density at radius 3 is 2.64 bits per heavy atom. The summed E-state index contributed by atoms with van der Waals surface area (Å²) in [4.78, 5) is 13.6. The number of alkyl halides is 3. The van der Waals surface area contributed by atoms with Crippen molar-refractivity contribution in [1.82, 2.24) is 4.98 Å². The lowest BCUT2D eigenvalue weighted by molar-refractivity contribution is 0.111. The van der Waals surface area contributed by atoms with E-state index in [9.17, 15) is 18.0 Å². The summed E-state index contributed by atoms with van der Waals surface area (Å²) in [5.41, 5.74) is -1.22. The van der Waals surface area contributed by atoms with Gasteiger partial charge in [0.2, 0.25) is 0 Å². The highest BCUT2D eigenvalue weighted by molar-refractivity contribution is 9.08. The van der Waals surface area contributed by atoms with Gasteiger partial charge in [-0.25, -0.2) is 13.2 Å². The number of hydrogen-bond donors (Lipinski definition) is 0. The van der Waals surface area contributed by atoms with Gasteiger partial charge in [-0.15, -0.1) is 0 Å². The summed E-state index contributed by atoms with van der Waals surface area (Å²) in [6.07, 6.45) is -1.81. The van der Waals surface area contributed by atoms with Crippen LogP contribution in [0.1, 0.15) is 28.0 Å². The summed E-state index contributed by atoms with van der Waals surface area (Å²) >= 11 is 2.86. The lowest BCUT2D eigenvalue weighted by atomic mass is 10.1. The Morgan fingerprint density at radius 2 is 2.21 bits per heavy atom. The van der Waals surface area contributed by atoms with E-state index in [1.165, 1.54) is 0 Å². The average molecular weight is 268 g/mol. The fourth-order valence-electron chi connectivity index (χ4n) is 0.958. The Hall–Kier alpha value is -0.910. The molecule has 0 bridgehead atoms. The molecule has 0 radical (unpaired) electrons. The highest BCUT2D eigenvalue weighted by atomic mass is 79.9. The third-order valence-electron chi connectivity index (χ3n) is 1.64. The Bertz CT molecular complexity index is 357. The fraction of sp³-hybridized carbons (Fsp3) is 0.250. The molecular weight excluding hydrogens is 263 g/mol. The fourth-order valence-corrected chi connectivity index (χ4v) is 1.49. The van der Waals surface area contributed by atoms with E-state index in [2.05, 4.69) is 20.9 Å². The molecule has 0 spiro atoms. The molecule has 0 atom stereocenters. The van der Waals surface area contributed by atoms with Gasteiger partial charge in [0.1, 0.15) is 11.5 Å². The van der Waals surface area contributed by atoms with Crippen LogP contribution in [0.3, 0.4) is 0 Å². The molecule has 0 amide bonds. The van der Waals surface area contributed by atoms with Crippen molar-refractivity contribution in [2.24, 2.45) is 0 Å². The third-order valence-corrected chi connectivity index (χ3v) is 2.20. The van der Waals surface area contributed by atoms with Crippen molar-refractivity contribution in [3.63, 3.8) is 0 Å². The standard InChI is InChI=1S/C8H5BrF3NO/c9-1-5-6(10)4(3-14)2-13-7(5)8(11)12/h2-3,8H,1H2. The van der Waals surface area contributed by atoms with Crippen molar-refractivity contribution in [2.45, 2.75) is 11.8 Å². The maximum atomic E-state index is 13.3. The minimum Gasteiger partial charge on any atom is -0.298 e. The van der Waals surface area contributed by atoms with Gasteiger partial charge in [-0.05, 0) is 0 Å². The zero-order valence-corrected chi connectivity index (χ0v) is 8.39. The molecule has 0 unspecified atom stereocenters. The topological polar surface area (TPSA) is 30.0 Å². The minimum absolute atomic E-state index is 0.104. The Balaban J connectivity index is 3.35. The molecule has 1 aromatic rings. The quantitative estimate of drug-likeness (QED) is 0.623. The molecule has 0 fully saturated rings. The molecule has 1 heterocycles. The summed E-state index contributed by atoms with van der Waals surface area (Å²) < 4.78 is 37.8. The average Bonchev–Trinajstić information content (AvgIpc) is 2.17. The molecule has 0 aliphatic rings. The van der Waals surface area contributed by atoms with Crippen LogP contribution in [0.25, 0.3) is 0 Å². The van der Waals surface area contributed by atoms with Crippen LogP contribution >= 0.6 is 15.9 Å². The van der Waals surface area contributed by atoms with Crippen LogP contribution in [-0.2, 0) is 5.33 Å². The molecule has 1 rings (SSSR count). The zero-order chi connectivity index (χ0) is 10.7. The monoisotopic (exact) mass is 267 g/mol. The number of nitrogens with zero attached hydrogens (tertiary/aromatic N) is 1. The largest absolute Gasteiger partial charge is 0.298 e. The number of carbonyl (C=O) groups excluding carboxylic acids is 1. The summed E-state index contributed by atoms with van der Waals surface area (Å²) in [6, 6.07) is 0. The summed E-state index contributed by atoms with van der Waals surface area (Å²) in [5.74, 6) is -0.942. The molecule has 1 aromatic heterocycles. The van der Waals surface area contributed by atoms with Crippen LogP contribution in [0.5, 0.6) is 0 Å². The van der Waals surface area contributed by atoms with Crippen molar-refractivity contribution in [3.8, 4) is 0 Å². The number of carbonyl (C=O) groups is 1. The Labute approximate surface area is 86.3 Å². The van der Waals surface area contributed by atoms with Gasteiger partial charge in [0.25, 0.3) is 6.43 Å². The van der Waals surface area contributed by atoms with Gasteiger partial charge in [0.05, 0.1) is 5.56 Å². The van der Waals surface area contributed by atoms with Gasteiger partial charge < -0.3 is 0 Å². The highest BCUT2D eigenvalue weighted by Crippen LogP contribution is 2.25. The van der Waals surface area contributed by atoms with Crippen LogP contribution in [0, 0.1) is 5.82 Å². The minimum atomic E-state index is -2.85. The lowest BCUT2D eigenvalue weighted by Gasteiger charge is -2.07. The number of pyridine rings is 1. The molecule has 0 saturated carbocycles. The van der Waals surface area contributed by atoms with Crippen molar-refractivity contribution in [1.29, 1.82) is 0 Å². The first-order valence-electron chi connectivity index (χ1n) is 3.58. The first kappa shape index (κ1) is 11.2. The second-order valence-electron chi connectivity index (χ2n) is 2.44. The number of rotatable bonds is 3. The SMILES string of the molecule is O=Cc1cnc(C(F)F)c(CBr)c1F. The smallest absolute Gasteiger partial charge is 0.280 e. The number of aldehydes is 1. The lowest BCUT2D eigenvalue weighted by Crippen LogP contribution is -2.03. The molecule has 0 aliphatic heterocycles. The first-order valence-corrected chi connectivity index (χ1v) is 4.70. The normalized spacial score (nSPS) is 10.6. The van der Waals surface area contributed by atoms with Gasteiger partial charge >= 0.3 is 0 Å². The van der Waals surface area contributed by atoms with Crippen molar-refractivity contribution in [3.05, 3.63) is 28.8 Å². The summed E-state index contributed by atoms with van der Waals surface area (Å²) in [5, 5.41) is -0.104. The Kier molecular flexibility index (Phi) is 3.62. The molecule has 0 aliphatic carbocycles. The van der Waals surface area contributed by atoms with Gasteiger partial charge in [-0.1, -0.05) is 15.9 Å². The van der Waals surface area contributed by atoms with Crippen molar-refractivity contribution in [2.75, 3.05) is 0 Å². The van der Waals surface area contributed by atoms with E-state index in [0.717, 1.165) is 6.20 Å². The first-order chi connectivity index (χ1) is 6.61. The van der Waals surface area contributed by atoms with E-state index >= 15 is 0 Å². The predicted octanol–water partition coefficient (Wildman–Crippen LogP) is 2.87. The second-order valence-corrected chi connectivity index (χ2v) is 3.00. The van der Waals surface area contributed by atoms with Crippen molar-refractivity contribution >= 4 is 22.2 Å². The van der Waals surface area contributed by atoms with Crippen LogP contribution in [-0.4, -0.2) is 11.3 Å². The van der Waals surface area contributed by atoms with Gasteiger partial charge in [0, 0.05) is 17.1 Å². The van der Waals surface area contributed by atoms with Gasteiger partial charge in [0.15, 0.2) is 6.29 Å². The molecule has 14 heavy (non-hydrogen) atoms. The number of halogens is 4. The van der Waals surface area contributed by atoms with Crippen LogP contribution < -0.4 is 0 Å². The second kappa shape index (κ2) is 4.54. The van der Waals surface area contributed by atoms with E-state index in [4.69, 9.17) is 0 Å². The highest BCUT2D eigenvalue weighted by Gasteiger charge is 2.19. The van der Waals surface area contributed by atoms with E-state index in [1.807, 2.05) is 0 Å². The van der Waals surface area contributed by atoms with E-state index in [-0.39, 0.29) is 22.7 Å². The van der Waals surface area contributed by atoms with E-state index < -0.39 is 17.9 Å². The molecule has 76 valence electrons. The van der Waals surface area contributed by atoms with Crippen molar-refractivity contribution < 1.29 is 18.0 Å². The molecule has 0 N–H and O–H groups in total. The van der Waals surface area contributed by atoms with Gasteiger partial charge in [-0.2, -0.15) is 0 Å². The molecule has 6 heteroatoms.